The molecule has 88 valence electrons. The van der Waals surface area contributed by atoms with Gasteiger partial charge in [-0.3, -0.25) is 0 Å². The van der Waals surface area contributed by atoms with E-state index in [-0.39, 0.29) is 10.8 Å². The van der Waals surface area contributed by atoms with E-state index in [0.717, 1.165) is 19.8 Å². The van der Waals surface area contributed by atoms with Crippen LogP contribution in [0.3, 0.4) is 0 Å². The molecule has 0 unspecified atom stereocenters. The van der Waals surface area contributed by atoms with Gasteiger partial charge in [-0.15, -0.1) is 0 Å². The molecule has 0 amide bonds. The normalized spacial score (nSPS) is 41.2. The van der Waals surface area contributed by atoms with Crippen LogP contribution in [-0.2, 0) is 14.2 Å². The fraction of sp³-hybridized carbons (Fsp3) is 1.00. The molecule has 3 aliphatic heterocycles. The Morgan fingerprint density at radius 1 is 0.933 bits per heavy atom. The van der Waals surface area contributed by atoms with Gasteiger partial charge in [-0.1, -0.05) is 34.6 Å². The third-order valence-electron chi connectivity index (χ3n) is 3.79. The molecule has 3 nitrogen and oxygen atoms in total. The van der Waals surface area contributed by atoms with Crippen LogP contribution in [0.1, 0.15) is 34.6 Å². The van der Waals surface area contributed by atoms with Gasteiger partial charge in [0.1, 0.15) is 0 Å². The zero-order valence-corrected chi connectivity index (χ0v) is 10.4. The van der Waals surface area contributed by atoms with E-state index in [4.69, 9.17) is 14.2 Å². The van der Waals surface area contributed by atoms with Crippen LogP contribution in [0.4, 0.5) is 0 Å². The van der Waals surface area contributed by atoms with Crippen LogP contribution in [-0.4, -0.2) is 25.8 Å². The van der Waals surface area contributed by atoms with Crippen molar-refractivity contribution in [3.8, 4) is 0 Å². The molecule has 3 saturated heterocycles. The highest BCUT2D eigenvalue weighted by atomic mass is 16.9. The largest absolute Gasteiger partial charge is 0.326 e. The highest BCUT2D eigenvalue weighted by molar-refractivity contribution is 4.94. The predicted molar refractivity (Wildman–Crippen MR) is 57.3 cm³/mol. The standard InChI is InChI=1S/C12H22O3/c1-9(2)11-6-13-12(14-7-11,15-8-11)10(3,4)5/h9H,6-8H2,1-5H3. The quantitative estimate of drug-likeness (QED) is 0.671. The van der Waals surface area contributed by atoms with E-state index in [1.807, 2.05) is 0 Å². The first kappa shape index (κ1) is 11.4. The van der Waals surface area contributed by atoms with Gasteiger partial charge in [0.05, 0.1) is 19.8 Å². The highest BCUT2D eigenvalue weighted by Gasteiger charge is 2.59. The second-order valence-corrected chi connectivity index (χ2v) is 6.19. The molecule has 2 bridgehead atoms. The van der Waals surface area contributed by atoms with Crippen LogP contribution in [0.25, 0.3) is 0 Å². The predicted octanol–water partition coefficient (Wildman–Crippen LogP) is 2.41. The topological polar surface area (TPSA) is 27.7 Å². The first-order valence-corrected chi connectivity index (χ1v) is 5.73. The van der Waals surface area contributed by atoms with Crippen molar-refractivity contribution in [1.82, 2.24) is 0 Å². The summed E-state index contributed by atoms with van der Waals surface area (Å²) in [4.78, 5) is 0. The maximum atomic E-state index is 5.85. The summed E-state index contributed by atoms with van der Waals surface area (Å²) < 4.78 is 17.5. The molecule has 3 heteroatoms. The zero-order valence-electron chi connectivity index (χ0n) is 10.4. The van der Waals surface area contributed by atoms with Crippen LogP contribution in [0.15, 0.2) is 0 Å². The first-order valence-electron chi connectivity index (χ1n) is 5.73. The first-order chi connectivity index (χ1) is 6.81. The van der Waals surface area contributed by atoms with Gasteiger partial charge in [0, 0.05) is 10.8 Å². The highest BCUT2D eigenvalue weighted by Crippen LogP contribution is 2.49. The van der Waals surface area contributed by atoms with E-state index < -0.39 is 5.97 Å². The lowest BCUT2D eigenvalue weighted by Gasteiger charge is -2.57. The van der Waals surface area contributed by atoms with Gasteiger partial charge in [-0.2, -0.15) is 0 Å². The van der Waals surface area contributed by atoms with Gasteiger partial charge in [0.2, 0.25) is 0 Å². The molecule has 3 fully saturated rings. The summed E-state index contributed by atoms with van der Waals surface area (Å²) in [6, 6.07) is 0. The molecule has 0 aromatic rings. The van der Waals surface area contributed by atoms with Crippen molar-refractivity contribution in [3.63, 3.8) is 0 Å². The molecule has 0 saturated carbocycles. The Balaban J connectivity index is 2.18. The molecule has 0 aromatic heterocycles. The smallest absolute Gasteiger partial charge is 0.288 e. The molecule has 0 atom stereocenters. The van der Waals surface area contributed by atoms with E-state index in [1.165, 1.54) is 0 Å². The van der Waals surface area contributed by atoms with Gasteiger partial charge in [0.25, 0.3) is 5.97 Å². The SMILES string of the molecule is CC(C)C12COC(C(C)(C)C)(OC1)OC2. The van der Waals surface area contributed by atoms with Crippen molar-refractivity contribution < 1.29 is 14.2 Å². The summed E-state index contributed by atoms with van der Waals surface area (Å²) in [7, 11) is 0. The van der Waals surface area contributed by atoms with Gasteiger partial charge < -0.3 is 14.2 Å². The summed E-state index contributed by atoms with van der Waals surface area (Å²) >= 11 is 0. The Bertz CT molecular complexity index is 228. The lowest BCUT2D eigenvalue weighted by molar-refractivity contribution is -0.503. The second kappa shape index (κ2) is 3.19. The number of rotatable bonds is 1. The summed E-state index contributed by atoms with van der Waals surface area (Å²) in [6.07, 6.45) is 0. The number of fused-ring (bicyclic) bond motifs is 3. The lowest BCUT2D eigenvalue weighted by atomic mass is 9.76. The minimum absolute atomic E-state index is 0.0625. The number of hydrogen-bond donors (Lipinski definition) is 0. The zero-order chi connectivity index (χ0) is 11.3. The average Bonchev–Trinajstić information content (AvgIpc) is 2.19. The third kappa shape index (κ3) is 1.52. The van der Waals surface area contributed by atoms with E-state index in [9.17, 15) is 0 Å². The summed E-state index contributed by atoms with van der Waals surface area (Å²) in [6.45, 7) is 12.9. The van der Waals surface area contributed by atoms with Crippen molar-refractivity contribution in [1.29, 1.82) is 0 Å². The van der Waals surface area contributed by atoms with Crippen LogP contribution in [0, 0.1) is 16.7 Å². The fourth-order valence-electron chi connectivity index (χ4n) is 2.12. The lowest BCUT2D eigenvalue weighted by Crippen LogP contribution is -2.66. The Labute approximate surface area is 92.1 Å². The monoisotopic (exact) mass is 214 g/mol. The summed E-state index contributed by atoms with van der Waals surface area (Å²) in [5, 5.41) is 0. The average molecular weight is 214 g/mol. The van der Waals surface area contributed by atoms with Crippen molar-refractivity contribution in [2.75, 3.05) is 19.8 Å². The number of ether oxygens (including phenoxy) is 3. The summed E-state index contributed by atoms with van der Waals surface area (Å²) in [5.74, 6) is -0.292. The molecule has 3 heterocycles. The molecule has 15 heavy (non-hydrogen) atoms. The Hall–Kier alpha value is -0.120. The third-order valence-corrected chi connectivity index (χ3v) is 3.79. The van der Waals surface area contributed by atoms with Crippen molar-refractivity contribution >= 4 is 0 Å². The van der Waals surface area contributed by atoms with E-state index in [2.05, 4.69) is 34.6 Å². The van der Waals surface area contributed by atoms with Crippen LogP contribution in [0.5, 0.6) is 0 Å². The van der Waals surface area contributed by atoms with Gasteiger partial charge >= 0.3 is 0 Å². The van der Waals surface area contributed by atoms with Crippen LogP contribution in [0.2, 0.25) is 0 Å². The maximum Gasteiger partial charge on any atom is 0.288 e. The Morgan fingerprint density at radius 3 is 1.60 bits per heavy atom. The molecule has 3 aliphatic rings. The van der Waals surface area contributed by atoms with Crippen molar-refractivity contribution in [3.05, 3.63) is 0 Å². The van der Waals surface area contributed by atoms with Gasteiger partial charge in [0.15, 0.2) is 0 Å². The fourth-order valence-corrected chi connectivity index (χ4v) is 2.12. The van der Waals surface area contributed by atoms with Crippen molar-refractivity contribution in [2.45, 2.75) is 40.6 Å². The molecule has 0 aliphatic carbocycles. The van der Waals surface area contributed by atoms with Crippen molar-refractivity contribution in [2.24, 2.45) is 16.7 Å². The molecule has 0 radical (unpaired) electrons. The summed E-state index contributed by atoms with van der Waals surface area (Å²) in [5.41, 5.74) is -0.0798. The second-order valence-electron chi connectivity index (χ2n) is 6.19. The molecule has 0 spiro atoms. The van der Waals surface area contributed by atoms with Gasteiger partial charge in [-0.05, 0) is 5.92 Å². The molecule has 3 rings (SSSR count). The van der Waals surface area contributed by atoms with E-state index in [1.54, 1.807) is 0 Å². The number of hydrogen-bond acceptors (Lipinski definition) is 3. The van der Waals surface area contributed by atoms with E-state index >= 15 is 0 Å². The minimum atomic E-state index is -0.816. The molecular formula is C12H22O3. The minimum Gasteiger partial charge on any atom is -0.326 e. The maximum absolute atomic E-state index is 5.85. The molecule has 0 aromatic carbocycles. The van der Waals surface area contributed by atoms with Crippen LogP contribution >= 0.6 is 0 Å². The Kier molecular flexibility index (Phi) is 2.42. The molecule has 0 N–H and O–H groups in total. The Morgan fingerprint density at radius 2 is 1.33 bits per heavy atom. The van der Waals surface area contributed by atoms with Gasteiger partial charge in [-0.25, -0.2) is 0 Å². The van der Waals surface area contributed by atoms with Crippen LogP contribution < -0.4 is 0 Å². The molecular weight excluding hydrogens is 192 g/mol. The van der Waals surface area contributed by atoms with E-state index in [0.29, 0.717) is 5.92 Å².